The maximum Gasteiger partial charge on any atom is 0.227 e. The van der Waals surface area contributed by atoms with Crippen LogP contribution in [-0.4, -0.2) is 4.98 Å². The van der Waals surface area contributed by atoms with Gasteiger partial charge >= 0.3 is 0 Å². The number of benzene rings is 3. The summed E-state index contributed by atoms with van der Waals surface area (Å²) >= 11 is 1.71. The van der Waals surface area contributed by atoms with Gasteiger partial charge in [0.05, 0.1) is 0 Å². The molecule has 0 atom stereocenters. The molecule has 128 valence electrons. The second-order valence-electron chi connectivity index (χ2n) is 6.16. The predicted molar refractivity (Wildman–Crippen MR) is 108 cm³/mol. The van der Waals surface area contributed by atoms with Gasteiger partial charge in [-0.1, -0.05) is 90.1 Å². The number of hydrogen-bond acceptors (Lipinski definition) is 3. The Morgan fingerprint density at radius 3 is 2.12 bits per heavy atom. The van der Waals surface area contributed by atoms with E-state index < -0.39 is 0 Å². The molecule has 0 saturated heterocycles. The van der Waals surface area contributed by atoms with Crippen molar-refractivity contribution in [2.75, 3.05) is 0 Å². The highest BCUT2D eigenvalue weighted by Gasteiger charge is 2.17. The highest BCUT2D eigenvalue weighted by atomic mass is 32.2. The van der Waals surface area contributed by atoms with Gasteiger partial charge in [-0.05, 0) is 24.6 Å². The van der Waals surface area contributed by atoms with Crippen LogP contribution in [0.15, 0.2) is 94.4 Å². The lowest BCUT2D eigenvalue weighted by atomic mass is 10.1. The normalized spacial score (nSPS) is 10.8. The number of thioether (sulfide) groups is 1. The first-order chi connectivity index (χ1) is 12.8. The molecule has 3 heteroatoms. The molecule has 0 fully saturated rings. The minimum atomic E-state index is 0.664. The molecule has 0 aliphatic carbocycles. The molecule has 4 aromatic rings. The van der Waals surface area contributed by atoms with Crippen LogP contribution in [0.4, 0.5) is 0 Å². The molecule has 1 aromatic heterocycles. The fourth-order valence-electron chi connectivity index (χ4n) is 2.72. The second-order valence-corrected chi connectivity index (χ2v) is 7.12. The Morgan fingerprint density at radius 1 is 0.769 bits per heavy atom. The van der Waals surface area contributed by atoms with Crippen LogP contribution in [0.3, 0.4) is 0 Å². The standard InChI is InChI=1S/C23H19NOS/c1-17-12-14-19(15-13-17)21-23(26-16-18-8-4-2-5-9-18)24-22(25-21)20-10-6-3-7-11-20/h2-15H,16H2,1H3. The summed E-state index contributed by atoms with van der Waals surface area (Å²) in [4.78, 5) is 4.79. The van der Waals surface area contributed by atoms with Crippen LogP contribution in [0.5, 0.6) is 0 Å². The van der Waals surface area contributed by atoms with Crippen LogP contribution in [0.1, 0.15) is 11.1 Å². The zero-order valence-electron chi connectivity index (χ0n) is 14.6. The van der Waals surface area contributed by atoms with Gasteiger partial charge in [-0.25, -0.2) is 4.98 Å². The van der Waals surface area contributed by atoms with Gasteiger partial charge in [0.2, 0.25) is 5.89 Å². The monoisotopic (exact) mass is 357 g/mol. The fourth-order valence-corrected chi connectivity index (χ4v) is 3.66. The van der Waals surface area contributed by atoms with E-state index in [4.69, 9.17) is 9.40 Å². The van der Waals surface area contributed by atoms with Crippen molar-refractivity contribution in [3.05, 3.63) is 96.1 Å². The van der Waals surface area contributed by atoms with Crippen molar-refractivity contribution in [1.29, 1.82) is 0 Å². The van der Waals surface area contributed by atoms with Gasteiger partial charge in [0, 0.05) is 16.9 Å². The molecule has 0 aliphatic heterocycles. The number of aryl methyl sites for hydroxylation is 1. The van der Waals surface area contributed by atoms with Gasteiger partial charge in [-0.3, -0.25) is 0 Å². The second kappa shape index (κ2) is 7.63. The molecule has 26 heavy (non-hydrogen) atoms. The van der Waals surface area contributed by atoms with Crippen molar-refractivity contribution in [2.24, 2.45) is 0 Å². The lowest BCUT2D eigenvalue weighted by Crippen LogP contribution is -1.83. The van der Waals surface area contributed by atoms with Crippen molar-refractivity contribution in [1.82, 2.24) is 4.98 Å². The lowest BCUT2D eigenvalue weighted by Gasteiger charge is -2.02. The molecule has 0 unspecified atom stereocenters. The quantitative estimate of drug-likeness (QED) is 0.376. The van der Waals surface area contributed by atoms with Gasteiger partial charge in [-0.15, -0.1) is 0 Å². The van der Waals surface area contributed by atoms with Crippen LogP contribution in [0.25, 0.3) is 22.8 Å². The smallest absolute Gasteiger partial charge is 0.227 e. The zero-order chi connectivity index (χ0) is 17.8. The summed E-state index contributed by atoms with van der Waals surface area (Å²) in [5.74, 6) is 2.36. The van der Waals surface area contributed by atoms with Crippen LogP contribution in [0.2, 0.25) is 0 Å². The van der Waals surface area contributed by atoms with E-state index in [1.54, 1.807) is 11.8 Å². The Morgan fingerprint density at radius 2 is 1.42 bits per heavy atom. The van der Waals surface area contributed by atoms with Gasteiger partial charge in [0.15, 0.2) is 5.76 Å². The number of hydrogen-bond donors (Lipinski definition) is 0. The van der Waals surface area contributed by atoms with Crippen molar-refractivity contribution >= 4 is 11.8 Å². The zero-order valence-corrected chi connectivity index (χ0v) is 15.4. The number of aromatic nitrogens is 1. The average molecular weight is 357 g/mol. The average Bonchev–Trinajstić information content (AvgIpc) is 3.13. The third-order valence-corrected chi connectivity index (χ3v) is 5.18. The minimum Gasteiger partial charge on any atom is -0.435 e. The van der Waals surface area contributed by atoms with E-state index in [1.807, 2.05) is 36.4 Å². The van der Waals surface area contributed by atoms with E-state index in [1.165, 1.54) is 11.1 Å². The first-order valence-electron chi connectivity index (χ1n) is 8.59. The maximum absolute atomic E-state index is 6.18. The third-order valence-electron chi connectivity index (χ3n) is 4.15. The lowest BCUT2D eigenvalue weighted by molar-refractivity contribution is 0.586. The molecule has 1 heterocycles. The molecule has 0 radical (unpaired) electrons. The molecular weight excluding hydrogens is 338 g/mol. The summed E-state index contributed by atoms with van der Waals surface area (Å²) in [5.41, 5.74) is 4.56. The Hall–Kier alpha value is -2.78. The van der Waals surface area contributed by atoms with E-state index >= 15 is 0 Å². The molecule has 0 aliphatic rings. The molecule has 0 N–H and O–H groups in total. The number of rotatable bonds is 5. The summed E-state index contributed by atoms with van der Waals surface area (Å²) in [6, 6.07) is 28.9. The maximum atomic E-state index is 6.18. The summed E-state index contributed by atoms with van der Waals surface area (Å²) < 4.78 is 6.18. The third kappa shape index (κ3) is 3.73. The van der Waals surface area contributed by atoms with Gasteiger partial charge in [-0.2, -0.15) is 0 Å². The molecule has 0 saturated carbocycles. The molecule has 0 spiro atoms. The Bertz CT molecular complexity index is 976. The fraction of sp³-hybridized carbons (Fsp3) is 0.0870. The van der Waals surface area contributed by atoms with Crippen molar-refractivity contribution in [2.45, 2.75) is 17.7 Å². The largest absolute Gasteiger partial charge is 0.435 e. The van der Waals surface area contributed by atoms with Crippen LogP contribution < -0.4 is 0 Å². The summed E-state index contributed by atoms with van der Waals surface area (Å²) in [7, 11) is 0. The van der Waals surface area contributed by atoms with Crippen LogP contribution >= 0.6 is 11.8 Å². The molecule has 0 bridgehead atoms. The Balaban J connectivity index is 1.70. The van der Waals surface area contributed by atoms with E-state index in [0.717, 1.165) is 27.7 Å². The first kappa shape index (κ1) is 16.7. The van der Waals surface area contributed by atoms with Crippen molar-refractivity contribution in [3.8, 4) is 22.8 Å². The van der Waals surface area contributed by atoms with Crippen molar-refractivity contribution < 1.29 is 4.42 Å². The molecule has 0 amide bonds. The number of oxazole rings is 1. The van der Waals surface area contributed by atoms with E-state index in [0.29, 0.717) is 5.89 Å². The first-order valence-corrected chi connectivity index (χ1v) is 9.58. The summed E-state index contributed by atoms with van der Waals surface area (Å²) in [6.07, 6.45) is 0. The minimum absolute atomic E-state index is 0.664. The molecule has 2 nitrogen and oxygen atoms in total. The van der Waals surface area contributed by atoms with Crippen molar-refractivity contribution in [3.63, 3.8) is 0 Å². The highest BCUT2D eigenvalue weighted by molar-refractivity contribution is 7.98. The SMILES string of the molecule is Cc1ccc(-c2oc(-c3ccccc3)nc2SCc2ccccc2)cc1. The van der Waals surface area contributed by atoms with Gasteiger partial charge < -0.3 is 4.42 Å². The van der Waals surface area contributed by atoms with E-state index in [2.05, 4.69) is 55.5 Å². The molecular formula is C23H19NOS. The number of nitrogens with zero attached hydrogens (tertiary/aromatic N) is 1. The van der Waals surface area contributed by atoms with Gasteiger partial charge in [0.25, 0.3) is 0 Å². The van der Waals surface area contributed by atoms with Crippen LogP contribution in [-0.2, 0) is 5.75 Å². The predicted octanol–water partition coefficient (Wildman–Crippen LogP) is 6.61. The summed E-state index contributed by atoms with van der Waals surface area (Å²) in [6.45, 7) is 2.09. The molecule has 3 aromatic carbocycles. The molecule has 4 rings (SSSR count). The Kier molecular flexibility index (Phi) is 4.89. The highest BCUT2D eigenvalue weighted by Crippen LogP contribution is 2.36. The van der Waals surface area contributed by atoms with Gasteiger partial charge in [0.1, 0.15) is 5.03 Å². The topological polar surface area (TPSA) is 26.0 Å². The van der Waals surface area contributed by atoms with E-state index in [9.17, 15) is 0 Å². The Labute approximate surface area is 157 Å². The van der Waals surface area contributed by atoms with E-state index in [-0.39, 0.29) is 0 Å². The van der Waals surface area contributed by atoms with Crippen LogP contribution in [0, 0.1) is 6.92 Å². The summed E-state index contributed by atoms with van der Waals surface area (Å²) in [5, 5.41) is 0.927.